The molecule has 9 rings (SSSR count). The van der Waals surface area contributed by atoms with E-state index in [1.165, 1.54) is 104 Å². The highest BCUT2D eigenvalue weighted by atomic mass is 15.1. The zero-order valence-corrected chi connectivity index (χ0v) is 28.1. The van der Waals surface area contributed by atoms with Gasteiger partial charge in [-0.1, -0.05) is 140 Å². The number of fused-ring (bicyclic) bond motifs is 6. The van der Waals surface area contributed by atoms with Gasteiger partial charge in [0, 0.05) is 17.9 Å². The Bertz CT molecular complexity index is 2190. The fraction of sp³-hybridized carbons (Fsp3) is 0.167. The molecule has 1 heterocycles. The van der Waals surface area contributed by atoms with Crippen LogP contribution in [0.15, 0.2) is 115 Å². The third-order valence-electron chi connectivity index (χ3n) is 11.0. The summed E-state index contributed by atoms with van der Waals surface area (Å²) >= 11 is 0. The summed E-state index contributed by atoms with van der Waals surface area (Å²) in [5, 5.41) is 0. The van der Waals surface area contributed by atoms with Gasteiger partial charge < -0.3 is 4.90 Å². The van der Waals surface area contributed by atoms with Crippen molar-refractivity contribution < 1.29 is 0 Å². The molecule has 49 heavy (non-hydrogen) atoms. The first-order valence-corrected chi connectivity index (χ1v) is 18.0. The van der Waals surface area contributed by atoms with Crippen LogP contribution in [0.5, 0.6) is 0 Å². The van der Waals surface area contributed by atoms with Gasteiger partial charge in [0.2, 0.25) is 0 Å². The Morgan fingerprint density at radius 3 is 1.71 bits per heavy atom. The van der Waals surface area contributed by atoms with Gasteiger partial charge in [-0.05, 0) is 129 Å². The number of benzene rings is 5. The van der Waals surface area contributed by atoms with E-state index in [9.17, 15) is 0 Å². The first-order chi connectivity index (χ1) is 24.2. The summed E-state index contributed by atoms with van der Waals surface area (Å²) in [6.45, 7) is 3.16. The molecular formula is C48H41N. The monoisotopic (exact) mass is 631 g/mol. The van der Waals surface area contributed by atoms with Crippen molar-refractivity contribution in [1.29, 1.82) is 0 Å². The summed E-state index contributed by atoms with van der Waals surface area (Å²) < 4.78 is 0. The van der Waals surface area contributed by atoms with E-state index in [0.29, 0.717) is 11.8 Å². The molecule has 4 aliphatic rings. The fourth-order valence-corrected chi connectivity index (χ4v) is 8.63. The number of hydrogen-bond donors (Lipinski definition) is 0. The van der Waals surface area contributed by atoms with E-state index < -0.39 is 0 Å². The zero-order chi connectivity index (χ0) is 32.7. The summed E-state index contributed by atoms with van der Waals surface area (Å²) in [7, 11) is 0. The molecule has 1 aliphatic heterocycles. The molecule has 238 valence electrons. The molecule has 0 spiro atoms. The molecular weight excluding hydrogens is 591 g/mol. The van der Waals surface area contributed by atoms with Gasteiger partial charge in [-0.25, -0.2) is 0 Å². The lowest BCUT2D eigenvalue weighted by Gasteiger charge is -2.31. The van der Waals surface area contributed by atoms with Gasteiger partial charge in [-0.3, -0.25) is 0 Å². The van der Waals surface area contributed by atoms with E-state index in [0.717, 1.165) is 6.54 Å². The van der Waals surface area contributed by atoms with Crippen molar-refractivity contribution in [1.82, 2.24) is 0 Å². The summed E-state index contributed by atoms with van der Waals surface area (Å²) in [5.41, 5.74) is 18.1. The van der Waals surface area contributed by atoms with Gasteiger partial charge in [0.05, 0.1) is 0 Å². The number of nitrogens with zero attached hydrogens (tertiary/aromatic N) is 1. The average molecular weight is 632 g/mol. The highest BCUT2D eigenvalue weighted by Gasteiger charge is 2.30. The third kappa shape index (κ3) is 5.44. The van der Waals surface area contributed by atoms with Gasteiger partial charge in [0.1, 0.15) is 0 Å². The molecule has 0 bridgehead atoms. The molecule has 0 N–H and O–H groups in total. The largest absolute Gasteiger partial charge is 0.341 e. The molecule has 5 aromatic rings. The minimum Gasteiger partial charge on any atom is -0.341 e. The third-order valence-corrected chi connectivity index (χ3v) is 11.0. The van der Waals surface area contributed by atoms with Crippen molar-refractivity contribution in [3.63, 3.8) is 0 Å². The van der Waals surface area contributed by atoms with Crippen LogP contribution in [0.2, 0.25) is 0 Å². The van der Waals surface area contributed by atoms with E-state index in [2.05, 4.69) is 170 Å². The van der Waals surface area contributed by atoms with Crippen LogP contribution in [0.3, 0.4) is 0 Å². The lowest BCUT2D eigenvalue weighted by Crippen LogP contribution is -2.18. The van der Waals surface area contributed by atoms with Crippen LogP contribution < -0.4 is 4.90 Å². The fourth-order valence-electron chi connectivity index (χ4n) is 8.63. The standard InChI is InChI=1S/C48H41N/c1-2-49-47-27-19-33(31-45-41-15-7-3-11-35(41)21-22-36-12-4-8-16-42(36)45)29-39(47)25-26-40-30-34(20-28-48(40)49)32-46-43-17-9-5-13-37(43)23-24-38-14-6-10-18-44(38)46/h3-5,7-9,11-13,15-17,19-32,38,44H,2,6,10,14,18H2,1H3/b46-32-. The minimum atomic E-state index is 0.579. The second-order valence-corrected chi connectivity index (χ2v) is 13.9. The molecule has 0 saturated heterocycles. The van der Waals surface area contributed by atoms with Crippen molar-refractivity contribution in [2.75, 3.05) is 11.4 Å². The summed E-state index contributed by atoms with van der Waals surface area (Å²) in [6, 6.07) is 40.5. The van der Waals surface area contributed by atoms with Crippen LogP contribution in [-0.4, -0.2) is 6.54 Å². The highest BCUT2D eigenvalue weighted by molar-refractivity contribution is 6.01. The molecule has 0 amide bonds. The number of anilines is 2. The lowest BCUT2D eigenvalue weighted by molar-refractivity contribution is 0.349. The van der Waals surface area contributed by atoms with Crippen LogP contribution in [0, 0.1) is 11.8 Å². The predicted octanol–water partition coefficient (Wildman–Crippen LogP) is 12.8. The van der Waals surface area contributed by atoms with Gasteiger partial charge in [-0.15, -0.1) is 0 Å². The summed E-state index contributed by atoms with van der Waals surface area (Å²) in [4.78, 5) is 2.47. The van der Waals surface area contributed by atoms with Crippen LogP contribution in [0.1, 0.15) is 88.2 Å². The van der Waals surface area contributed by atoms with Crippen LogP contribution >= 0.6 is 0 Å². The number of allylic oxidation sites excluding steroid dienone is 2. The molecule has 3 aliphatic carbocycles. The van der Waals surface area contributed by atoms with Gasteiger partial charge in [0.15, 0.2) is 0 Å². The molecule has 1 saturated carbocycles. The Hall–Kier alpha value is -5.40. The van der Waals surface area contributed by atoms with E-state index in [-0.39, 0.29) is 0 Å². The molecule has 1 nitrogen and oxygen atoms in total. The molecule has 1 fully saturated rings. The van der Waals surface area contributed by atoms with E-state index in [1.807, 2.05) is 0 Å². The maximum absolute atomic E-state index is 2.50. The Labute approximate surface area is 291 Å². The van der Waals surface area contributed by atoms with Crippen molar-refractivity contribution in [2.45, 2.75) is 32.6 Å². The second kappa shape index (κ2) is 12.6. The Balaban J connectivity index is 1.11. The average Bonchev–Trinajstić information content (AvgIpc) is 3.49. The highest BCUT2D eigenvalue weighted by Crippen LogP contribution is 2.45. The summed E-state index contributed by atoms with van der Waals surface area (Å²) in [5.74, 6) is 1.20. The van der Waals surface area contributed by atoms with Gasteiger partial charge in [0.25, 0.3) is 0 Å². The molecule has 2 unspecified atom stereocenters. The minimum absolute atomic E-state index is 0.579. The molecule has 1 heteroatoms. The van der Waals surface area contributed by atoms with Crippen LogP contribution in [0.25, 0.3) is 53.7 Å². The van der Waals surface area contributed by atoms with E-state index >= 15 is 0 Å². The van der Waals surface area contributed by atoms with E-state index in [1.54, 1.807) is 0 Å². The normalized spacial score (nSPS) is 19.4. The lowest BCUT2D eigenvalue weighted by atomic mass is 9.74. The molecule has 0 aromatic heterocycles. The first-order valence-electron chi connectivity index (χ1n) is 18.0. The van der Waals surface area contributed by atoms with Gasteiger partial charge in [-0.2, -0.15) is 0 Å². The molecule has 2 atom stereocenters. The van der Waals surface area contributed by atoms with Crippen LogP contribution in [0.4, 0.5) is 11.4 Å². The van der Waals surface area contributed by atoms with Crippen LogP contribution in [-0.2, 0) is 0 Å². The summed E-state index contributed by atoms with van der Waals surface area (Å²) in [6.07, 6.45) is 24.1. The number of rotatable bonds is 3. The first kappa shape index (κ1) is 29.7. The predicted molar refractivity (Wildman–Crippen MR) is 212 cm³/mol. The van der Waals surface area contributed by atoms with Crippen molar-refractivity contribution >= 4 is 65.1 Å². The van der Waals surface area contributed by atoms with Crippen molar-refractivity contribution in [2.24, 2.45) is 11.8 Å². The molecule has 5 aromatic carbocycles. The van der Waals surface area contributed by atoms with Crippen molar-refractivity contribution in [3.05, 3.63) is 171 Å². The Morgan fingerprint density at radius 2 is 1.08 bits per heavy atom. The number of hydrogen-bond acceptors (Lipinski definition) is 1. The smallest absolute Gasteiger partial charge is 0.0484 e. The maximum atomic E-state index is 2.50. The second-order valence-electron chi connectivity index (χ2n) is 13.9. The van der Waals surface area contributed by atoms with E-state index in [4.69, 9.17) is 0 Å². The zero-order valence-electron chi connectivity index (χ0n) is 28.1. The maximum Gasteiger partial charge on any atom is 0.0484 e. The van der Waals surface area contributed by atoms with Gasteiger partial charge >= 0.3 is 0 Å². The Kier molecular flexibility index (Phi) is 7.62. The molecule has 0 radical (unpaired) electrons. The topological polar surface area (TPSA) is 3.24 Å². The van der Waals surface area contributed by atoms with Crippen molar-refractivity contribution in [3.8, 4) is 0 Å². The SMILES string of the molecule is CCN1c2ccc(C=C3c4ccccc4C=Cc4ccccc43)cc2C=Cc2cc(/C=C3/c4ccccc4C=CC4CCCCC34)ccc21. The Morgan fingerprint density at radius 1 is 0.551 bits per heavy atom. The quantitative estimate of drug-likeness (QED) is 0.188.